The third-order valence-corrected chi connectivity index (χ3v) is 4.44. The van der Waals surface area contributed by atoms with Gasteiger partial charge in [-0.1, -0.05) is 18.2 Å². The van der Waals surface area contributed by atoms with Gasteiger partial charge in [-0.25, -0.2) is 0 Å². The molecule has 5 heteroatoms. The average molecular weight is 340 g/mol. The van der Waals surface area contributed by atoms with Crippen LogP contribution in [-0.4, -0.2) is 30.2 Å². The van der Waals surface area contributed by atoms with Crippen molar-refractivity contribution in [3.8, 4) is 5.75 Å². The van der Waals surface area contributed by atoms with Gasteiger partial charge in [0.1, 0.15) is 11.8 Å². The molecule has 0 aromatic heterocycles. The molecule has 5 nitrogen and oxygen atoms in total. The van der Waals surface area contributed by atoms with Gasteiger partial charge in [0.2, 0.25) is 5.91 Å². The monoisotopic (exact) mass is 340 g/mol. The number of benzene rings is 2. The molecule has 1 aliphatic rings. The van der Waals surface area contributed by atoms with E-state index in [0.717, 1.165) is 24.3 Å². The van der Waals surface area contributed by atoms with Crippen LogP contribution in [0.5, 0.6) is 5.75 Å². The van der Waals surface area contributed by atoms with Crippen LogP contribution in [0.3, 0.4) is 0 Å². The zero-order valence-electron chi connectivity index (χ0n) is 14.7. The molecule has 1 amide bonds. The summed E-state index contributed by atoms with van der Waals surface area (Å²) in [6, 6.07) is 13.2. The summed E-state index contributed by atoms with van der Waals surface area (Å²) in [5.74, 6) is 0.715. The minimum atomic E-state index is -0.365. The normalized spacial score (nSPS) is 14.1. The van der Waals surface area contributed by atoms with Gasteiger partial charge in [-0.15, -0.1) is 0 Å². The summed E-state index contributed by atoms with van der Waals surface area (Å²) in [4.78, 5) is 14.7. The number of nitrogens with one attached hydrogen (secondary N) is 1. The largest absolute Gasteiger partial charge is 0.494 e. The van der Waals surface area contributed by atoms with Crippen molar-refractivity contribution in [1.29, 1.82) is 0 Å². The van der Waals surface area contributed by atoms with Gasteiger partial charge in [-0.3, -0.25) is 4.79 Å². The number of rotatable bonds is 6. The van der Waals surface area contributed by atoms with E-state index in [0.29, 0.717) is 17.9 Å². The van der Waals surface area contributed by atoms with E-state index >= 15 is 0 Å². The van der Waals surface area contributed by atoms with Crippen molar-refractivity contribution < 1.29 is 14.6 Å². The number of para-hydroxylation sites is 1. The number of anilines is 2. The van der Waals surface area contributed by atoms with Gasteiger partial charge in [-0.05, 0) is 50.1 Å². The standard InChI is InChI=1S/C20H24N2O3/c1-3-25-19-9-8-17(12-16(19)13-23)21-14(2)20(24)22-11-10-15-6-4-5-7-18(15)22/h4-9,12,14,21,23H,3,10-11,13H2,1-2H3. The Morgan fingerprint density at radius 1 is 1.32 bits per heavy atom. The number of aliphatic hydroxyl groups is 1. The van der Waals surface area contributed by atoms with Crippen molar-refractivity contribution in [1.82, 2.24) is 0 Å². The summed E-state index contributed by atoms with van der Waals surface area (Å²) < 4.78 is 5.49. The fourth-order valence-corrected chi connectivity index (χ4v) is 3.20. The van der Waals surface area contributed by atoms with Crippen LogP contribution in [0.1, 0.15) is 25.0 Å². The second-order valence-electron chi connectivity index (χ2n) is 6.15. The Kier molecular flexibility index (Phi) is 5.24. The summed E-state index contributed by atoms with van der Waals surface area (Å²) in [7, 11) is 0. The SMILES string of the molecule is CCOc1ccc(NC(C)C(=O)N2CCc3ccccc32)cc1CO. The smallest absolute Gasteiger partial charge is 0.249 e. The van der Waals surface area contributed by atoms with E-state index in [4.69, 9.17) is 4.74 Å². The number of aliphatic hydroxyl groups excluding tert-OH is 1. The van der Waals surface area contributed by atoms with Gasteiger partial charge in [0, 0.05) is 23.5 Å². The van der Waals surface area contributed by atoms with Crippen molar-refractivity contribution in [3.63, 3.8) is 0 Å². The van der Waals surface area contributed by atoms with Crippen LogP contribution in [-0.2, 0) is 17.8 Å². The van der Waals surface area contributed by atoms with Crippen LogP contribution in [0.4, 0.5) is 11.4 Å². The molecular weight excluding hydrogens is 316 g/mol. The molecule has 0 saturated carbocycles. The average Bonchev–Trinajstić information content (AvgIpc) is 3.06. The van der Waals surface area contributed by atoms with E-state index < -0.39 is 0 Å². The second kappa shape index (κ2) is 7.57. The molecule has 3 rings (SSSR count). The highest BCUT2D eigenvalue weighted by atomic mass is 16.5. The number of ether oxygens (including phenoxy) is 1. The Morgan fingerprint density at radius 2 is 2.12 bits per heavy atom. The topological polar surface area (TPSA) is 61.8 Å². The van der Waals surface area contributed by atoms with Crippen molar-refractivity contribution in [2.75, 3.05) is 23.4 Å². The summed E-state index contributed by atoms with van der Waals surface area (Å²) in [5.41, 5.74) is 3.72. The van der Waals surface area contributed by atoms with E-state index in [9.17, 15) is 9.90 Å². The lowest BCUT2D eigenvalue weighted by Gasteiger charge is -2.23. The molecule has 132 valence electrons. The lowest BCUT2D eigenvalue weighted by Crippen LogP contribution is -2.40. The molecule has 1 aliphatic heterocycles. The maximum Gasteiger partial charge on any atom is 0.249 e. The molecule has 0 radical (unpaired) electrons. The first-order chi connectivity index (χ1) is 12.1. The van der Waals surface area contributed by atoms with Crippen LogP contribution in [0, 0.1) is 0 Å². The highest BCUT2D eigenvalue weighted by Gasteiger charge is 2.27. The Balaban J connectivity index is 1.72. The van der Waals surface area contributed by atoms with Gasteiger partial charge in [0.25, 0.3) is 0 Å². The van der Waals surface area contributed by atoms with Crippen molar-refractivity contribution in [3.05, 3.63) is 53.6 Å². The Bertz CT molecular complexity index is 760. The van der Waals surface area contributed by atoms with Gasteiger partial charge in [-0.2, -0.15) is 0 Å². The van der Waals surface area contributed by atoms with Crippen LogP contribution < -0.4 is 15.0 Å². The first-order valence-electron chi connectivity index (χ1n) is 8.66. The summed E-state index contributed by atoms with van der Waals surface area (Å²) >= 11 is 0. The van der Waals surface area contributed by atoms with Gasteiger partial charge < -0.3 is 20.1 Å². The van der Waals surface area contributed by atoms with Crippen LogP contribution >= 0.6 is 0 Å². The number of hydrogen-bond acceptors (Lipinski definition) is 4. The van der Waals surface area contributed by atoms with Crippen LogP contribution in [0.25, 0.3) is 0 Å². The van der Waals surface area contributed by atoms with Crippen molar-refractivity contribution in [2.45, 2.75) is 32.9 Å². The molecule has 2 aromatic rings. The number of amides is 1. The van der Waals surface area contributed by atoms with E-state index in [1.54, 1.807) is 0 Å². The van der Waals surface area contributed by atoms with Gasteiger partial charge >= 0.3 is 0 Å². The number of carbonyl (C=O) groups excluding carboxylic acids is 1. The molecule has 2 aromatic carbocycles. The molecule has 0 bridgehead atoms. The first kappa shape index (κ1) is 17.3. The highest BCUT2D eigenvalue weighted by molar-refractivity contribution is 6.00. The fourth-order valence-electron chi connectivity index (χ4n) is 3.20. The van der Waals surface area contributed by atoms with E-state index in [1.807, 2.05) is 55.1 Å². The minimum Gasteiger partial charge on any atom is -0.494 e. The molecule has 0 aliphatic carbocycles. The maximum atomic E-state index is 12.8. The third kappa shape index (κ3) is 3.61. The molecule has 1 atom stereocenters. The predicted molar refractivity (Wildman–Crippen MR) is 99.1 cm³/mol. The van der Waals surface area contributed by atoms with Gasteiger partial charge in [0.05, 0.1) is 13.2 Å². The Labute approximate surface area is 148 Å². The van der Waals surface area contributed by atoms with Crippen LogP contribution in [0.15, 0.2) is 42.5 Å². The lowest BCUT2D eigenvalue weighted by molar-refractivity contribution is -0.118. The molecule has 0 fully saturated rings. The zero-order chi connectivity index (χ0) is 17.8. The highest BCUT2D eigenvalue weighted by Crippen LogP contribution is 2.29. The summed E-state index contributed by atoms with van der Waals surface area (Å²) in [5, 5.41) is 12.7. The van der Waals surface area contributed by atoms with Crippen LogP contribution in [0.2, 0.25) is 0 Å². The maximum absolute atomic E-state index is 12.8. The quantitative estimate of drug-likeness (QED) is 0.849. The summed E-state index contributed by atoms with van der Waals surface area (Å²) in [6.07, 6.45) is 0.895. The van der Waals surface area contributed by atoms with E-state index in [-0.39, 0.29) is 18.6 Å². The number of fused-ring (bicyclic) bond motifs is 1. The molecule has 1 heterocycles. The Morgan fingerprint density at radius 3 is 2.88 bits per heavy atom. The second-order valence-corrected chi connectivity index (χ2v) is 6.15. The molecule has 25 heavy (non-hydrogen) atoms. The Hall–Kier alpha value is -2.53. The number of nitrogens with zero attached hydrogens (tertiary/aromatic N) is 1. The van der Waals surface area contributed by atoms with E-state index in [1.165, 1.54) is 5.56 Å². The third-order valence-electron chi connectivity index (χ3n) is 4.44. The molecule has 2 N–H and O–H groups in total. The minimum absolute atomic E-state index is 0.0457. The first-order valence-corrected chi connectivity index (χ1v) is 8.66. The number of hydrogen-bond donors (Lipinski definition) is 2. The molecule has 0 spiro atoms. The predicted octanol–water partition coefficient (Wildman–Crippen LogP) is 2.97. The summed E-state index contributed by atoms with van der Waals surface area (Å²) in [6.45, 7) is 4.92. The molecule has 1 unspecified atom stereocenters. The van der Waals surface area contributed by atoms with Gasteiger partial charge in [0.15, 0.2) is 0 Å². The fraction of sp³-hybridized carbons (Fsp3) is 0.350. The molecular formula is C20H24N2O3. The lowest BCUT2D eigenvalue weighted by atomic mass is 10.1. The zero-order valence-corrected chi connectivity index (χ0v) is 14.7. The van der Waals surface area contributed by atoms with E-state index in [2.05, 4.69) is 11.4 Å². The molecule has 0 saturated heterocycles. The van der Waals surface area contributed by atoms with Crippen molar-refractivity contribution >= 4 is 17.3 Å². The van der Waals surface area contributed by atoms with Crippen molar-refractivity contribution in [2.24, 2.45) is 0 Å². The number of carbonyl (C=O) groups is 1.